The molecule has 106 valence electrons. The molecule has 0 saturated heterocycles. The zero-order valence-corrected chi connectivity index (χ0v) is 12.0. The SMILES string of the molecule is C=C(CC)C1CC(C(=O)OCC)=C(c2ccccc2)O1. The largest absolute Gasteiger partial charge is 0.485 e. The standard InChI is InChI=1S/C17H20O3/c1-4-12(3)15-11-14(17(18)19-5-2)16(20-15)13-9-7-6-8-10-13/h6-10,15H,3-5,11H2,1-2H3. The van der Waals surface area contributed by atoms with Crippen molar-refractivity contribution in [3.8, 4) is 0 Å². The summed E-state index contributed by atoms with van der Waals surface area (Å²) in [6, 6.07) is 9.66. The number of carbonyl (C=O) groups is 1. The van der Waals surface area contributed by atoms with Gasteiger partial charge in [-0.1, -0.05) is 43.8 Å². The number of benzene rings is 1. The molecule has 1 aliphatic rings. The van der Waals surface area contributed by atoms with Crippen LogP contribution in [0.25, 0.3) is 5.76 Å². The van der Waals surface area contributed by atoms with E-state index >= 15 is 0 Å². The second-order valence-electron chi connectivity index (χ2n) is 4.72. The van der Waals surface area contributed by atoms with Gasteiger partial charge in [-0.2, -0.15) is 0 Å². The molecule has 0 N–H and O–H groups in total. The van der Waals surface area contributed by atoms with Crippen LogP contribution in [0.15, 0.2) is 48.1 Å². The second-order valence-corrected chi connectivity index (χ2v) is 4.72. The summed E-state index contributed by atoms with van der Waals surface area (Å²) in [4.78, 5) is 12.1. The van der Waals surface area contributed by atoms with Gasteiger partial charge in [0.25, 0.3) is 0 Å². The fourth-order valence-corrected chi connectivity index (χ4v) is 2.21. The quantitative estimate of drug-likeness (QED) is 0.605. The molecule has 1 atom stereocenters. The van der Waals surface area contributed by atoms with Crippen molar-refractivity contribution in [3.05, 3.63) is 53.6 Å². The minimum atomic E-state index is -0.294. The Hall–Kier alpha value is -2.03. The van der Waals surface area contributed by atoms with E-state index in [1.165, 1.54) is 0 Å². The molecule has 1 aromatic rings. The van der Waals surface area contributed by atoms with Gasteiger partial charge in [0, 0.05) is 12.0 Å². The Bertz CT molecular complexity index is 528. The molecular formula is C17H20O3. The molecule has 1 aliphatic heterocycles. The monoisotopic (exact) mass is 272 g/mol. The average molecular weight is 272 g/mol. The van der Waals surface area contributed by atoms with Crippen molar-refractivity contribution in [1.82, 2.24) is 0 Å². The maximum Gasteiger partial charge on any atom is 0.337 e. The highest BCUT2D eigenvalue weighted by Gasteiger charge is 2.32. The van der Waals surface area contributed by atoms with Gasteiger partial charge >= 0.3 is 5.97 Å². The highest BCUT2D eigenvalue weighted by molar-refractivity contribution is 5.97. The van der Waals surface area contributed by atoms with Crippen LogP contribution in [0, 0.1) is 0 Å². The van der Waals surface area contributed by atoms with E-state index in [0.717, 1.165) is 17.6 Å². The minimum absolute atomic E-state index is 0.130. The fourth-order valence-electron chi connectivity index (χ4n) is 2.21. The number of esters is 1. The first-order chi connectivity index (χ1) is 9.67. The van der Waals surface area contributed by atoms with Crippen molar-refractivity contribution in [3.63, 3.8) is 0 Å². The molecular weight excluding hydrogens is 252 g/mol. The van der Waals surface area contributed by atoms with E-state index in [1.807, 2.05) is 37.3 Å². The molecule has 1 aromatic carbocycles. The highest BCUT2D eigenvalue weighted by atomic mass is 16.5. The van der Waals surface area contributed by atoms with E-state index in [1.54, 1.807) is 6.92 Å². The smallest absolute Gasteiger partial charge is 0.337 e. The van der Waals surface area contributed by atoms with E-state index in [4.69, 9.17) is 9.47 Å². The van der Waals surface area contributed by atoms with Crippen molar-refractivity contribution < 1.29 is 14.3 Å². The van der Waals surface area contributed by atoms with Crippen molar-refractivity contribution in [2.75, 3.05) is 6.61 Å². The first-order valence-electron chi connectivity index (χ1n) is 6.97. The molecule has 0 amide bonds. The Morgan fingerprint density at radius 1 is 1.35 bits per heavy atom. The van der Waals surface area contributed by atoms with Gasteiger partial charge < -0.3 is 9.47 Å². The first kappa shape index (κ1) is 14.4. The Morgan fingerprint density at radius 3 is 2.65 bits per heavy atom. The lowest BCUT2D eigenvalue weighted by Crippen LogP contribution is -2.11. The third kappa shape index (κ3) is 2.93. The van der Waals surface area contributed by atoms with Crippen LogP contribution in [-0.2, 0) is 14.3 Å². The summed E-state index contributed by atoms with van der Waals surface area (Å²) in [7, 11) is 0. The van der Waals surface area contributed by atoms with Crippen LogP contribution in [0.2, 0.25) is 0 Å². The lowest BCUT2D eigenvalue weighted by molar-refractivity contribution is -0.138. The maximum atomic E-state index is 12.1. The van der Waals surface area contributed by atoms with Crippen molar-refractivity contribution in [2.45, 2.75) is 32.8 Å². The zero-order valence-electron chi connectivity index (χ0n) is 12.0. The summed E-state index contributed by atoms with van der Waals surface area (Å²) in [5.74, 6) is 0.335. The van der Waals surface area contributed by atoms with Gasteiger partial charge in [-0.25, -0.2) is 4.79 Å². The first-order valence-corrected chi connectivity index (χ1v) is 6.97. The van der Waals surface area contributed by atoms with Crippen LogP contribution in [0.3, 0.4) is 0 Å². The molecule has 0 spiro atoms. The Morgan fingerprint density at radius 2 is 2.05 bits per heavy atom. The fraction of sp³-hybridized carbons (Fsp3) is 0.353. The number of ether oxygens (including phenoxy) is 2. The predicted molar refractivity (Wildman–Crippen MR) is 78.9 cm³/mol. The van der Waals surface area contributed by atoms with E-state index < -0.39 is 0 Å². The normalized spacial score (nSPS) is 17.8. The summed E-state index contributed by atoms with van der Waals surface area (Å²) in [5.41, 5.74) is 2.51. The molecule has 1 unspecified atom stereocenters. The molecule has 0 fully saturated rings. The van der Waals surface area contributed by atoms with Crippen molar-refractivity contribution in [1.29, 1.82) is 0 Å². The van der Waals surface area contributed by atoms with E-state index in [-0.39, 0.29) is 12.1 Å². The van der Waals surface area contributed by atoms with Crippen LogP contribution < -0.4 is 0 Å². The summed E-state index contributed by atoms with van der Waals surface area (Å²) in [6.45, 7) is 8.23. The van der Waals surface area contributed by atoms with Crippen molar-refractivity contribution >= 4 is 11.7 Å². The number of rotatable bonds is 5. The van der Waals surface area contributed by atoms with Gasteiger partial charge in [0.15, 0.2) is 0 Å². The van der Waals surface area contributed by atoms with Gasteiger partial charge in [0.1, 0.15) is 11.9 Å². The van der Waals surface area contributed by atoms with Crippen LogP contribution >= 0.6 is 0 Å². The molecule has 3 nitrogen and oxygen atoms in total. The zero-order chi connectivity index (χ0) is 14.5. The molecule has 2 rings (SSSR count). The predicted octanol–water partition coefficient (Wildman–Crippen LogP) is 3.72. The number of hydrogen-bond donors (Lipinski definition) is 0. The van der Waals surface area contributed by atoms with Crippen LogP contribution in [0.1, 0.15) is 32.3 Å². The number of carbonyl (C=O) groups excluding carboxylic acids is 1. The van der Waals surface area contributed by atoms with E-state index in [2.05, 4.69) is 6.58 Å². The molecule has 1 heterocycles. The van der Waals surface area contributed by atoms with Gasteiger partial charge in [0.05, 0.1) is 12.2 Å². The van der Waals surface area contributed by atoms with E-state index in [0.29, 0.717) is 24.4 Å². The van der Waals surface area contributed by atoms with Crippen LogP contribution in [0.4, 0.5) is 0 Å². The van der Waals surface area contributed by atoms with Crippen molar-refractivity contribution in [2.24, 2.45) is 0 Å². The molecule has 3 heteroatoms. The second kappa shape index (κ2) is 6.42. The topological polar surface area (TPSA) is 35.5 Å². The summed E-state index contributed by atoms with van der Waals surface area (Å²) in [5, 5.41) is 0. The van der Waals surface area contributed by atoms with Gasteiger partial charge in [0.2, 0.25) is 0 Å². The molecule has 0 aliphatic carbocycles. The summed E-state index contributed by atoms with van der Waals surface area (Å²) >= 11 is 0. The maximum absolute atomic E-state index is 12.1. The molecule has 0 aromatic heterocycles. The Labute approximate surface area is 119 Å². The molecule has 0 bridgehead atoms. The molecule has 0 saturated carbocycles. The molecule has 20 heavy (non-hydrogen) atoms. The van der Waals surface area contributed by atoms with Crippen LogP contribution in [0.5, 0.6) is 0 Å². The average Bonchev–Trinajstić information content (AvgIpc) is 2.93. The highest BCUT2D eigenvalue weighted by Crippen LogP contribution is 2.36. The van der Waals surface area contributed by atoms with Gasteiger partial charge in [-0.3, -0.25) is 0 Å². The Kier molecular flexibility index (Phi) is 4.61. The van der Waals surface area contributed by atoms with Crippen LogP contribution in [-0.4, -0.2) is 18.7 Å². The lowest BCUT2D eigenvalue weighted by Gasteiger charge is -2.14. The number of hydrogen-bond acceptors (Lipinski definition) is 3. The van der Waals surface area contributed by atoms with Gasteiger partial charge in [-0.15, -0.1) is 0 Å². The summed E-state index contributed by atoms with van der Waals surface area (Å²) in [6.07, 6.45) is 1.24. The third-order valence-corrected chi connectivity index (χ3v) is 3.39. The Balaban J connectivity index is 2.32. The third-order valence-electron chi connectivity index (χ3n) is 3.39. The summed E-state index contributed by atoms with van der Waals surface area (Å²) < 4.78 is 11.1. The van der Waals surface area contributed by atoms with Gasteiger partial charge in [-0.05, 0) is 18.9 Å². The molecule has 0 radical (unpaired) electrons. The lowest BCUT2D eigenvalue weighted by atomic mass is 10.0. The minimum Gasteiger partial charge on any atom is -0.485 e. The van der Waals surface area contributed by atoms with E-state index in [9.17, 15) is 4.79 Å².